The molecule has 0 aliphatic carbocycles. The third-order valence-electron chi connectivity index (χ3n) is 7.16. The number of carbonyl (C=O) groups is 3. The minimum absolute atomic E-state index is 0.0148. The molecule has 2 aromatic rings. The number of hydrogen-bond donors (Lipinski definition) is 2. The van der Waals surface area contributed by atoms with E-state index in [2.05, 4.69) is 73.0 Å². The van der Waals surface area contributed by atoms with Crippen LogP contribution in [0.5, 0.6) is 0 Å². The standard InChI is InChI=1S/C31H43N3O2.C2H5NO/c1-5-7-9-10-19-34-24(3)20-30(35)33(4)29(31(34)36)22-25-14-16-27(17-15-25)28-13-11-12-26(21-28)23-32-18-8-6-2;1-3-2-4/h11-17,20-21,29,32H,5-10,18-19,22-23H2,1-4H3;2H,1H3,(H,3,4)/t29-;/m0./s1. The summed E-state index contributed by atoms with van der Waals surface area (Å²) in [5.41, 5.74) is 5.42. The molecular formula is C33H48N4O3. The zero-order chi connectivity index (χ0) is 29.3. The van der Waals surface area contributed by atoms with Crippen LogP contribution in [-0.4, -0.2) is 61.3 Å². The number of amides is 3. The highest BCUT2D eigenvalue weighted by Gasteiger charge is 2.33. The Balaban J connectivity index is 0.00000131. The van der Waals surface area contributed by atoms with Gasteiger partial charge in [0.25, 0.3) is 0 Å². The molecule has 218 valence electrons. The monoisotopic (exact) mass is 548 g/mol. The lowest BCUT2D eigenvalue weighted by atomic mass is 9.98. The maximum absolute atomic E-state index is 13.5. The fourth-order valence-electron chi connectivity index (χ4n) is 4.69. The highest BCUT2D eigenvalue weighted by atomic mass is 16.2. The number of benzene rings is 2. The van der Waals surface area contributed by atoms with E-state index in [9.17, 15) is 9.59 Å². The first-order valence-corrected chi connectivity index (χ1v) is 14.6. The topological polar surface area (TPSA) is 81.8 Å². The summed E-state index contributed by atoms with van der Waals surface area (Å²) < 4.78 is 0. The SMILES string of the molecule is CCCCCCN1C(=O)[C@H](Cc2ccc(-c3cccc(CNCCCC)c3)cc2)N(C)C(=O)C=C1C.CNC=O. The van der Waals surface area contributed by atoms with Gasteiger partial charge in [-0.2, -0.15) is 0 Å². The van der Waals surface area contributed by atoms with Crippen LogP contribution in [0.1, 0.15) is 70.4 Å². The van der Waals surface area contributed by atoms with E-state index in [-0.39, 0.29) is 11.8 Å². The molecule has 40 heavy (non-hydrogen) atoms. The smallest absolute Gasteiger partial charge is 0.249 e. The Labute approximate surface area is 241 Å². The van der Waals surface area contributed by atoms with Gasteiger partial charge in [-0.15, -0.1) is 0 Å². The molecule has 0 spiro atoms. The molecule has 3 amide bonds. The van der Waals surface area contributed by atoms with Crippen molar-refractivity contribution in [1.82, 2.24) is 20.4 Å². The summed E-state index contributed by atoms with van der Waals surface area (Å²) >= 11 is 0. The summed E-state index contributed by atoms with van der Waals surface area (Å²) in [5, 5.41) is 5.76. The molecule has 1 heterocycles. The largest absolute Gasteiger partial charge is 0.362 e. The second kappa shape index (κ2) is 18.0. The number of rotatable bonds is 14. The average molecular weight is 549 g/mol. The maximum atomic E-state index is 13.5. The van der Waals surface area contributed by atoms with E-state index in [0.717, 1.165) is 55.6 Å². The minimum Gasteiger partial charge on any atom is -0.362 e. The van der Waals surface area contributed by atoms with Crippen LogP contribution in [0.2, 0.25) is 0 Å². The lowest BCUT2D eigenvalue weighted by Gasteiger charge is -2.29. The Morgan fingerprint density at radius 2 is 1.60 bits per heavy atom. The number of nitrogens with zero attached hydrogens (tertiary/aromatic N) is 2. The van der Waals surface area contributed by atoms with Gasteiger partial charge in [0.05, 0.1) is 0 Å². The molecule has 0 fully saturated rings. The number of allylic oxidation sites excluding steroid dienone is 1. The normalized spacial score (nSPS) is 15.2. The molecule has 2 N–H and O–H groups in total. The summed E-state index contributed by atoms with van der Waals surface area (Å²) in [6.45, 7) is 8.83. The molecule has 2 aromatic carbocycles. The zero-order valence-corrected chi connectivity index (χ0v) is 25.0. The summed E-state index contributed by atoms with van der Waals surface area (Å²) in [5.74, 6) is -0.0937. The van der Waals surface area contributed by atoms with Crippen LogP contribution in [-0.2, 0) is 27.3 Å². The number of unbranched alkanes of at least 4 members (excludes halogenated alkanes) is 4. The Kier molecular flexibility index (Phi) is 14.7. The summed E-state index contributed by atoms with van der Waals surface area (Å²) in [6, 6.07) is 16.5. The molecule has 0 bridgehead atoms. The highest BCUT2D eigenvalue weighted by molar-refractivity contribution is 5.96. The van der Waals surface area contributed by atoms with Gasteiger partial charge in [-0.1, -0.05) is 82.0 Å². The van der Waals surface area contributed by atoms with Crippen molar-refractivity contribution in [1.29, 1.82) is 0 Å². The van der Waals surface area contributed by atoms with Gasteiger partial charge in [0, 0.05) is 45.4 Å². The number of hydrogen-bond acceptors (Lipinski definition) is 4. The predicted octanol–water partition coefficient (Wildman–Crippen LogP) is 5.30. The number of nitrogens with one attached hydrogen (secondary N) is 2. The van der Waals surface area contributed by atoms with Gasteiger partial charge < -0.3 is 20.4 Å². The van der Waals surface area contributed by atoms with E-state index in [1.165, 1.54) is 24.0 Å². The van der Waals surface area contributed by atoms with Crippen LogP contribution < -0.4 is 10.6 Å². The van der Waals surface area contributed by atoms with Crippen molar-refractivity contribution in [3.63, 3.8) is 0 Å². The van der Waals surface area contributed by atoms with Crippen molar-refractivity contribution < 1.29 is 14.4 Å². The van der Waals surface area contributed by atoms with Crippen LogP contribution in [0.15, 0.2) is 60.3 Å². The second-order valence-corrected chi connectivity index (χ2v) is 10.3. The summed E-state index contributed by atoms with van der Waals surface area (Å²) in [6.07, 6.45) is 9.50. The van der Waals surface area contributed by atoms with Crippen molar-refractivity contribution in [3.8, 4) is 11.1 Å². The van der Waals surface area contributed by atoms with E-state index in [0.29, 0.717) is 19.4 Å². The van der Waals surface area contributed by atoms with Crippen molar-refractivity contribution in [2.45, 2.75) is 78.3 Å². The van der Waals surface area contributed by atoms with Gasteiger partial charge in [-0.05, 0) is 54.6 Å². The molecule has 7 nitrogen and oxygen atoms in total. The van der Waals surface area contributed by atoms with E-state index in [4.69, 9.17) is 4.79 Å². The molecule has 0 saturated carbocycles. The molecule has 1 aliphatic rings. The summed E-state index contributed by atoms with van der Waals surface area (Å²) in [4.78, 5) is 38.7. The molecule has 0 saturated heterocycles. The molecule has 7 heteroatoms. The van der Waals surface area contributed by atoms with Crippen LogP contribution >= 0.6 is 0 Å². The molecule has 0 unspecified atom stereocenters. The molecule has 3 rings (SSSR count). The molecule has 1 aliphatic heterocycles. The van der Waals surface area contributed by atoms with E-state index < -0.39 is 6.04 Å². The first-order chi connectivity index (χ1) is 19.4. The van der Waals surface area contributed by atoms with Crippen LogP contribution in [0.4, 0.5) is 0 Å². The molecule has 0 aromatic heterocycles. The van der Waals surface area contributed by atoms with Gasteiger partial charge in [0.2, 0.25) is 18.2 Å². The fraction of sp³-hybridized carbons (Fsp3) is 0.485. The zero-order valence-electron chi connectivity index (χ0n) is 25.0. The van der Waals surface area contributed by atoms with Gasteiger partial charge in [-0.3, -0.25) is 14.4 Å². The second-order valence-electron chi connectivity index (χ2n) is 10.3. The summed E-state index contributed by atoms with van der Waals surface area (Å²) in [7, 11) is 3.30. The maximum Gasteiger partial charge on any atom is 0.249 e. The third kappa shape index (κ3) is 10.3. The van der Waals surface area contributed by atoms with Crippen molar-refractivity contribution in [2.75, 3.05) is 27.2 Å². The lowest BCUT2D eigenvalue weighted by Crippen LogP contribution is -2.47. The first kappa shape index (κ1) is 32.8. The molecule has 1 atom stereocenters. The minimum atomic E-state index is -0.499. The van der Waals surface area contributed by atoms with Gasteiger partial charge in [-0.25, -0.2) is 0 Å². The Morgan fingerprint density at radius 1 is 0.900 bits per heavy atom. The van der Waals surface area contributed by atoms with Crippen molar-refractivity contribution in [3.05, 3.63) is 71.4 Å². The Hall–Kier alpha value is -3.45. The van der Waals surface area contributed by atoms with Gasteiger partial charge in [0.1, 0.15) is 6.04 Å². The number of carbonyl (C=O) groups excluding carboxylic acids is 3. The van der Waals surface area contributed by atoms with E-state index in [1.807, 2.05) is 11.8 Å². The molecule has 0 radical (unpaired) electrons. The highest BCUT2D eigenvalue weighted by Crippen LogP contribution is 2.24. The number of likely N-dealkylation sites (N-methyl/N-ethyl adjacent to an activating group) is 1. The van der Waals surface area contributed by atoms with Crippen molar-refractivity contribution in [2.24, 2.45) is 0 Å². The van der Waals surface area contributed by atoms with E-state index >= 15 is 0 Å². The predicted molar refractivity (Wildman–Crippen MR) is 163 cm³/mol. The van der Waals surface area contributed by atoms with Crippen LogP contribution in [0.3, 0.4) is 0 Å². The third-order valence-corrected chi connectivity index (χ3v) is 7.16. The Bertz CT molecular complexity index is 1100. The van der Waals surface area contributed by atoms with Gasteiger partial charge >= 0.3 is 0 Å². The average Bonchev–Trinajstić information content (AvgIpc) is 3.04. The van der Waals surface area contributed by atoms with Crippen molar-refractivity contribution >= 4 is 18.2 Å². The van der Waals surface area contributed by atoms with E-state index in [1.54, 1.807) is 25.1 Å². The lowest BCUT2D eigenvalue weighted by molar-refractivity contribution is -0.139. The van der Waals surface area contributed by atoms with Crippen LogP contribution in [0, 0.1) is 0 Å². The van der Waals surface area contributed by atoms with Crippen LogP contribution in [0.25, 0.3) is 11.1 Å². The quantitative estimate of drug-likeness (QED) is 0.248. The van der Waals surface area contributed by atoms with Gasteiger partial charge in [0.15, 0.2) is 0 Å². The molecular weight excluding hydrogens is 500 g/mol. The Morgan fingerprint density at radius 3 is 2.25 bits per heavy atom. The fourth-order valence-corrected chi connectivity index (χ4v) is 4.69. The first-order valence-electron chi connectivity index (χ1n) is 14.6.